The van der Waals surface area contributed by atoms with Crippen molar-refractivity contribution >= 4 is 18.0 Å². The van der Waals surface area contributed by atoms with Gasteiger partial charge in [-0.15, -0.1) is 0 Å². The molecule has 3 rings (SSSR count). The first kappa shape index (κ1) is 30.9. The molecule has 2 atom stereocenters. The molecule has 10 heteroatoms. The Kier molecular flexibility index (Phi) is 11.3. The summed E-state index contributed by atoms with van der Waals surface area (Å²) in [5.41, 5.74) is 8.41. The van der Waals surface area contributed by atoms with Gasteiger partial charge in [0.05, 0.1) is 7.11 Å². The van der Waals surface area contributed by atoms with Crippen LogP contribution in [0.4, 0.5) is 4.79 Å². The largest absolute Gasteiger partial charge is 0.489 e. The molecule has 0 fully saturated rings. The zero-order valence-electron chi connectivity index (χ0n) is 24.1. The Bertz CT molecular complexity index is 1130. The number of hydrogen-bond acceptors (Lipinski definition) is 8. The molecule has 3 N–H and O–H groups in total. The van der Waals surface area contributed by atoms with Gasteiger partial charge in [0.1, 0.15) is 31.0 Å². The zero-order valence-corrected chi connectivity index (χ0v) is 24.1. The van der Waals surface area contributed by atoms with Gasteiger partial charge in [0.25, 0.3) is 0 Å². The highest BCUT2D eigenvalue weighted by atomic mass is 16.6. The van der Waals surface area contributed by atoms with E-state index in [1.165, 1.54) is 12.0 Å². The van der Waals surface area contributed by atoms with Crippen molar-refractivity contribution in [2.75, 3.05) is 33.4 Å². The number of rotatable bonds is 12. The quantitative estimate of drug-likeness (QED) is 0.384. The topological polar surface area (TPSA) is 123 Å². The molecule has 2 aromatic carbocycles. The molecule has 1 aliphatic rings. The molecule has 2 aromatic rings. The fourth-order valence-electron chi connectivity index (χ4n) is 4.89. The molecule has 0 bridgehead atoms. The minimum absolute atomic E-state index is 0.254. The molecule has 0 aromatic heterocycles. The third kappa shape index (κ3) is 8.19. The maximum Gasteiger partial charge on any atom is 0.410 e. The number of amides is 2. The highest BCUT2D eigenvalue weighted by Gasteiger charge is 2.37. The Morgan fingerprint density at radius 1 is 1.07 bits per heavy atom. The average molecular weight is 555 g/mol. The molecule has 218 valence electrons. The number of benzene rings is 2. The van der Waals surface area contributed by atoms with Crippen molar-refractivity contribution in [3.8, 4) is 5.75 Å². The first-order valence-electron chi connectivity index (χ1n) is 13.7. The van der Waals surface area contributed by atoms with E-state index in [0.29, 0.717) is 49.5 Å². The maximum atomic E-state index is 13.6. The van der Waals surface area contributed by atoms with Gasteiger partial charge in [0, 0.05) is 31.7 Å². The van der Waals surface area contributed by atoms with Crippen molar-refractivity contribution in [2.45, 2.75) is 64.9 Å². The summed E-state index contributed by atoms with van der Waals surface area (Å²) in [5, 5.41) is 3.01. The number of ether oxygens (including phenoxy) is 3. The third-order valence-electron chi connectivity index (χ3n) is 6.96. The van der Waals surface area contributed by atoms with Gasteiger partial charge in [-0.1, -0.05) is 36.4 Å². The van der Waals surface area contributed by atoms with E-state index in [2.05, 4.69) is 42.6 Å². The summed E-state index contributed by atoms with van der Waals surface area (Å²) in [4.78, 5) is 42.0. The van der Waals surface area contributed by atoms with Gasteiger partial charge in [-0.2, -0.15) is 0 Å². The molecular formula is C30H42N4O6. The van der Waals surface area contributed by atoms with Gasteiger partial charge in [0.15, 0.2) is 0 Å². The molecule has 0 saturated carbocycles. The van der Waals surface area contributed by atoms with Crippen LogP contribution in [0.2, 0.25) is 0 Å². The molecule has 2 amide bonds. The molecule has 0 radical (unpaired) electrons. The molecule has 1 aliphatic heterocycles. The average Bonchev–Trinajstić information content (AvgIpc) is 2.95. The molecule has 0 saturated heterocycles. The summed E-state index contributed by atoms with van der Waals surface area (Å²) in [5.74, 6) is -0.305. The van der Waals surface area contributed by atoms with Crippen LogP contribution in [-0.2, 0) is 32.1 Å². The third-order valence-corrected chi connectivity index (χ3v) is 6.96. The highest BCUT2D eigenvalue weighted by Crippen LogP contribution is 2.33. The molecule has 1 heterocycles. The summed E-state index contributed by atoms with van der Waals surface area (Å²) in [6.07, 6.45) is -0.214. The van der Waals surface area contributed by atoms with E-state index in [-0.39, 0.29) is 19.1 Å². The number of methoxy groups -OCH3 is 1. The molecule has 0 spiro atoms. The Hall–Kier alpha value is -3.63. The Balaban J connectivity index is 1.78. The first-order valence-corrected chi connectivity index (χ1v) is 13.7. The Morgan fingerprint density at radius 3 is 2.42 bits per heavy atom. The minimum atomic E-state index is -1.11. The molecule has 10 nitrogen and oxygen atoms in total. The predicted molar refractivity (Wildman–Crippen MR) is 152 cm³/mol. The standard InChI is InChI=1S/C30H42N4O6/c1-20(2)33(21(3)4)16-14-32-28(35)27-25-12-11-24(39-18-22-9-7-6-8-10-22)17-23(25)13-15-34(27)30(37)40-19-26(31)29(36)38-5/h6-12,17,20-21,26-27H,13-16,18-19,31H2,1-5H3,(H,32,35)/t26-,27?/m1/s1. The lowest BCUT2D eigenvalue weighted by molar-refractivity contribution is -0.143. The van der Waals surface area contributed by atoms with Crippen LogP contribution in [0.5, 0.6) is 5.75 Å². The van der Waals surface area contributed by atoms with Crippen molar-refractivity contribution in [3.63, 3.8) is 0 Å². The van der Waals surface area contributed by atoms with Crippen LogP contribution in [0.1, 0.15) is 50.4 Å². The van der Waals surface area contributed by atoms with Crippen LogP contribution < -0.4 is 15.8 Å². The maximum absolute atomic E-state index is 13.6. The SMILES string of the molecule is COC(=O)[C@H](N)COC(=O)N1CCc2cc(OCc3ccccc3)ccc2C1C(=O)NCCN(C(C)C)C(C)C. The number of nitrogens with zero attached hydrogens (tertiary/aromatic N) is 2. The van der Waals surface area contributed by atoms with E-state index in [1.807, 2.05) is 48.5 Å². The lowest BCUT2D eigenvalue weighted by Crippen LogP contribution is -2.50. The lowest BCUT2D eigenvalue weighted by atomic mass is 9.92. The highest BCUT2D eigenvalue weighted by molar-refractivity contribution is 5.88. The Morgan fingerprint density at radius 2 is 1.77 bits per heavy atom. The summed E-state index contributed by atoms with van der Waals surface area (Å²) in [7, 11) is 1.21. The van der Waals surface area contributed by atoms with Crippen molar-refractivity contribution in [2.24, 2.45) is 5.73 Å². The monoisotopic (exact) mass is 554 g/mol. The van der Waals surface area contributed by atoms with E-state index in [9.17, 15) is 14.4 Å². The molecule has 1 unspecified atom stereocenters. The second-order valence-electron chi connectivity index (χ2n) is 10.4. The molecule has 40 heavy (non-hydrogen) atoms. The number of nitrogens with one attached hydrogen (secondary N) is 1. The number of carbonyl (C=O) groups is 3. The number of esters is 1. The van der Waals surface area contributed by atoms with Crippen molar-refractivity contribution in [1.29, 1.82) is 0 Å². The van der Waals surface area contributed by atoms with E-state index >= 15 is 0 Å². The molecular weight excluding hydrogens is 512 g/mol. The van der Waals surface area contributed by atoms with Crippen LogP contribution >= 0.6 is 0 Å². The van der Waals surface area contributed by atoms with Crippen molar-refractivity contribution < 1.29 is 28.6 Å². The van der Waals surface area contributed by atoms with Crippen molar-refractivity contribution in [3.05, 3.63) is 65.2 Å². The number of hydrogen-bond donors (Lipinski definition) is 2. The fourth-order valence-corrected chi connectivity index (χ4v) is 4.89. The second-order valence-corrected chi connectivity index (χ2v) is 10.4. The fraction of sp³-hybridized carbons (Fsp3) is 0.500. The van der Waals surface area contributed by atoms with E-state index in [1.54, 1.807) is 0 Å². The van der Waals surface area contributed by atoms with Crippen molar-refractivity contribution in [1.82, 2.24) is 15.1 Å². The van der Waals surface area contributed by atoms with Crippen LogP contribution in [0.15, 0.2) is 48.5 Å². The lowest BCUT2D eigenvalue weighted by Gasteiger charge is -2.36. The van der Waals surface area contributed by atoms with Gasteiger partial charge in [-0.25, -0.2) is 4.79 Å². The van der Waals surface area contributed by atoms with Gasteiger partial charge >= 0.3 is 12.1 Å². The van der Waals surface area contributed by atoms with E-state index in [0.717, 1.165) is 11.1 Å². The number of carbonyl (C=O) groups excluding carboxylic acids is 3. The van der Waals surface area contributed by atoms with Crippen LogP contribution in [0.25, 0.3) is 0 Å². The summed E-state index contributed by atoms with van der Waals surface area (Å²) < 4.78 is 15.9. The first-order chi connectivity index (χ1) is 19.1. The van der Waals surface area contributed by atoms with Crippen LogP contribution in [-0.4, -0.2) is 79.2 Å². The van der Waals surface area contributed by atoms with E-state index in [4.69, 9.17) is 15.2 Å². The zero-order chi connectivity index (χ0) is 29.2. The summed E-state index contributed by atoms with van der Waals surface area (Å²) in [6.45, 7) is 9.89. The predicted octanol–water partition coefficient (Wildman–Crippen LogP) is 3.04. The second kappa shape index (κ2) is 14.7. The van der Waals surface area contributed by atoms with Crippen LogP contribution in [0.3, 0.4) is 0 Å². The molecule has 0 aliphatic carbocycles. The van der Waals surface area contributed by atoms with Gasteiger partial charge < -0.3 is 25.3 Å². The Labute approximate surface area is 236 Å². The van der Waals surface area contributed by atoms with Gasteiger partial charge in [-0.3, -0.25) is 19.4 Å². The van der Waals surface area contributed by atoms with Gasteiger partial charge in [0.2, 0.25) is 5.91 Å². The number of fused-ring (bicyclic) bond motifs is 1. The minimum Gasteiger partial charge on any atom is -0.489 e. The van der Waals surface area contributed by atoms with E-state index < -0.39 is 24.1 Å². The summed E-state index contributed by atoms with van der Waals surface area (Å²) >= 11 is 0. The van der Waals surface area contributed by atoms with Gasteiger partial charge in [-0.05, 0) is 62.9 Å². The van der Waals surface area contributed by atoms with Crippen LogP contribution in [0, 0.1) is 0 Å². The summed E-state index contributed by atoms with van der Waals surface area (Å²) in [6, 6.07) is 14.1. The normalized spacial score (nSPS) is 15.5. The number of nitrogens with two attached hydrogens (primary N) is 1. The smallest absolute Gasteiger partial charge is 0.410 e.